The van der Waals surface area contributed by atoms with Crippen molar-refractivity contribution in [1.29, 1.82) is 0 Å². The van der Waals surface area contributed by atoms with E-state index < -0.39 is 6.04 Å². The minimum absolute atomic E-state index is 0. The van der Waals surface area contributed by atoms with Crippen LogP contribution in [0.3, 0.4) is 0 Å². The van der Waals surface area contributed by atoms with E-state index in [0.29, 0.717) is 19.6 Å². The van der Waals surface area contributed by atoms with Gasteiger partial charge in [-0.1, -0.05) is 44.2 Å². The van der Waals surface area contributed by atoms with Gasteiger partial charge in [0.25, 0.3) is 0 Å². The zero-order valence-electron chi connectivity index (χ0n) is 17.1. The first kappa shape index (κ1) is 24.4. The van der Waals surface area contributed by atoms with Crippen molar-refractivity contribution in [3.8, 4) is 0 Å². The van der Waals surface area contributed by atoms with Gasteiger partial charge in [-0.05, 0) is 37.4 Å². The molecule has 2 rings (SSSR count). The number of carbonyl (C=O) groups excluding carboxylic acids is 2. The minimum atomic E-state index is -0.682. The Morgan fingerprint density at radius 1 is 1.18 bits per heavy atom. The molecular weight excluding hydrogens is 378 g/mol. The highest BCUT2D eigenvalue weighted by molar-refractivity contribution is 5.88. The van der Waals surface area contributed by atoms with Gasteiger partial charge in [-0.15, -0.1) is 12.4 Å². The predicted molar refractivity (Wildman–Crippen MR) is 113 cm³/mol. The average molecular weight is 412 g/mol. The average Bonchev–Trinajstić information content (AvgIpc) is 2.65. The first-order chi connectivity index (χ1) is 13.0. The Hall–Kier alpha value is -1.63. The second-order valence-corrected chi connectivity index (χ2v) is 7.91. The molecule has 0 radical (unpaired) electrons. The molecule has 0 aromatic heterocycles. The standard InChI is InChI=1S/C21H33N3O3.ClH/c1-16(2)13-18(25)24-19(17-7-5-4-6-8-17)20(26)23-14-21(15-27-3)9-11-22-12-10-21;/h4-8,16,19,22H,9-15H2,1-3H3,(H,23,26)(H,24,25);1H. The molecule has 0 spiro atoms. The lowest BCUT2D eigenvalue weighted by Crippen LogP contribution is -2.49. The van der Waals surface area contributed by atoms with E-state index in [9.17, 15) is 9.59 Å². The summed E-state index contributed by atoms with van der Waals surface area (Å²) in [4.78, 5) is 25.3. The van der Waals surface area contributed by atoms with Crippen molar-refractivity contribution in [3.05, 3.63) is 35.9 Å². The summed E-state index contributed by atoms with van der Waals surface area (Å²) in [6, 6.07) is 8.72. The second-order valence-electron chi connectivity index (χ2n) is 7.91. The number of nitrogens with one attached hydrogen (secondary N) is 3. The summed E-state index contributed by atoms with van der Waals surface area (Å²) in [6.07, 6.45) is 2.31. The highest BCUT2D eigenvalue weighted by atomic mass is 35.5. The molecule has 1 heterocycles. The monoisotopic (exact) mass is 411 g/mol. The van der Waals surface area contributed by atoms with E-state index in [1.807, 2.05) is 44.2 Å². The first-order valence-corrected chi connectivity index (χ1v) is 9.77. The van der Waals surface area contributed by atoms with Crippen LogP contribution in [0.1, 0.15) is 44.7 Å². The lowest BCUT2D eigenvalue weighted by atomic mass is 9.79. The molecule has 7 heteroatoms. The summed E-state index contributed by atoms with van der Waals surface area (Å²) in [5.74, 6) is -0.0426. The Morgan fingerprint density at radius 3 is 2.39 bits per heavy atom. The fourth-order valence-corrected chi connectivity index (χ4v) is 3.55. The van der Waals surface area contributed by atoms with E-state index in [-0.39, 0.29) is 35.6 Å². The summed E-state index contributed by atoms with van der Waals surface area (Å²) in [7, 11) is 1.70. The fraction of sp³-hybridized carbons (Fsp3) is 0.619. The summed E-state index contributed by atoms with van der Waals surface area (Å²) >= 11 is 0. The number of benzene rings is 1. The van der Waals surface area contributed by atoms with Crippen LogP contribution in [0.2, 0.25) is 0 Å². The third kappa shape index (κ3) is 7.41. The Morgan fingerprint density at radius 2 is 1.82 bits per heavy atom. The van der Waals surface area contributed by atoms with Crippen molar-refractivity contribution in [2.75, 3.05) is 33.4 Å². The molecular formula is C21H34ClN3O3. The lowest BCUT2D eigenvalue weighted by molar-refractivity contribution is -0.130. The number of halogens is 1. The molecule has 0 aliphatic carbocycles. The van der Waals surface area contributed by atoms with Gasteiger partial charge in [0.2, 0.25) is 11.8 Å². The molecule has 1 aliphatic rings. The van der Waals surface area contributed by atoms with Gasteiger partial charge in [0.15, 0.2) is 0 Å². The largest absolute Gasteiger partial charge is 0.384 e. The predicted octanol–water partition coefficient (Wildman–Crippen LogP) is 2.44. The maximum Gasteiger partial charge on any atom is 0.247 e. The van der Waals surface area contributed by atoms with Crippen LogP contribution in [0, 0.1) is 11.3 Å². The van der Waals surface area contributed by atoms with Gasteiger partial charge in [-0.25, -0.2) is 0 Å². The van der Waals surface area contributed by atoms with E-state index in [2.05, 4.69) is 16.0 Å². The Labute approximate surface area is 174 Å². The molecule has 3 N–H and O–H groups in total. The quantitative estimate of drug-likeness (QED) is 0.583. The van der Waals surface area contributed by atoms with E-state index in [1.54, 1.807) is 7.11 Å². The molecule has 0 bridgehead atoms. The number of rotatable bonds is 9. The van der Waals surface area contributed by atoms with Crippen molar-refractivity contribution >= 4 is 24.2 Å². The Kier molecular flexibility index (Phi) is 10.5. The van der Waals surface area contributed by atoms with Crippen LogP contribution in [0.15, 0.2) is 30.3 Å². The van der Waals surface area contributed by atoms with Gasteiger partial charge >= 0.3 is 0 Å². The number of ether oxygens (including phenoxy) is 1. The summed E-state index contributed by atoms with van der Waals surface area (Å²) in [6.45, 7) is 6.99. The molecule has 2 amide bonds. The molecule has 1 fully saturated rings. The minimum Gasteiger partial charge on any atom is -0.384 e. The fourth-order valence-electron chi connectivity index (χ4n) is 3.55. The van der Waals surface area contributed by atoms with Crippen molar-refractivity contribution in [2.24, 2.45) is 11.3 Å². The van der Waals surface area contributed by atoms with Gasteiger partial charge in [-0.2, -0.15) is 0 Å². The highest BCUT2D eigenvalue weighted by Crippen LogP contribution is 2.28. The molecule has 1 saturated heterocycles. The van der Waals surface area contributed by atoms with Crippen LogP contribution in [0.4, 0.5) is 0 Å². The first-order valence-electron chi connectivity index (χ1n) is 9.77. The number of hydrogen-bond donors (Lipinski definition) is 3. The van der Waals surface area contributed by atoms with Gasteiger partial charge in [0, 0.05) is 25.5 Å². The molecule has 1 aromatic carbocycles. The molecule has 1 aromatic rings. The van der Waals surface area contributed by atoms with Crippen LogP contribution >= 0.6 is 12.4 Å². The number of methoxy groups -OCH3 is 1. The molecule has 28 heavy (non-hydrogen) atoms. The van der Waals surface area contributed by atoms with E-state index >= 15 is 0 Å². The van der Waals surface area contributed by atoms with Crippen LogP contribution in [-0.4, -0.2) is 45.2 Å². The lowest BCUT2D eigenvalue weighted by Gasteiger charge is -2.37. The molecule has 158 valence electrons. The van der Waals surface area contributed by atoms with Gasteiger partial charge in [0.05, 0.1) is 6.61 Å². The van der Waals surface area contributed by atoms with Crippen LogP contribution in [-0.2, 0) is 14.3 Å². The van der Waals surface area contributed by atoms with E-state index in [0.717, 1.165) is 31.5 Å². The summed E-state index contributed by atoms with van der Waals surface area (Å²) in [5, 5.41) is 9.33. The van der Waals surface area contributed by atoms with E-state index in [4.69, 9.17) is 4.74 Å². The third-order valence-corrected chi connectivity index (χ3v) is 5.05. The number of piperidine rings is 1. The van der Waals surface area contributed by atoms with Crippen LogP contribution in [0.25, 0.3) is 0 Å². The van der Waals surface area contributed by atoms with Crippen molar-refractivity contribution in [1.82, 2.24) is 16.0 Å². The Bertz CT molecular complexity index is 599. The smallest absolute Gasteiger partial charge is 0.247 e. The summed E-state index contributed by atoms with van der Waals surface area (Å²) in [5.41, 5.74) is 0.733. The number of hydrogen-bond acceptors (Lipinski definition) is 4. The second kappa shape index (κ2) is 12.0. The molecule has 6 nitrogen and oxygen atoms in total. The van der Waals surface area contributed by atoms with Crippen LogP contribution in [0.5, 0.6) is 0 Å². The number of carbonyl (C=O) groups is 2. The zero-order chi connectivity index (χ0) is 19.7. The molecule has 1 aliphatic heterocycles. The van der Waals surface area contributed by atoms with Crippen molar-refractivity contribution in [2.45, 2.75) is 39.2 Å². The SMILES string of the molecule is COCC1(CNC(=O)C(NC(=O)CC(C)C)c2ccccc2)CCNCC1.Cl. The van der Waals surface area contributed by atoms with Crippen LogP contribution < -0.4 is 16.0 Å². The normalized spacial score (nSPS) is 16.7. The highest BCUT2D eigenvalue weighted by Gasteiger charge is 2.33. The number of amides is 2. The van der Waals surface area contributed by atoms with E-state index in [1.165, 1.54) is 0 Å². The maximum absolute atomic E-state index is 13.0. The summed E-state index contributed by atoms with van der Waals surface area (Å²) < 4.78 is 5.42. The zero-order valence-corrected chi connectivity index (χ0v) is 17.9. The molecule has 1 unspecified atom stereocenters. The van der Waals surface area contributed by atoms with Gasteiger partial charge in [0.1, 0.15) is 6.04 Å². The molecule has 0 saturated carbocycles. The topological polar surface area (TPSA) is 79.5 Å². The van der Waals surface area contributed by atoms with Gasteiger partial charge in [-0.3, -0.25) is 9.59 Å². The third-order valence-electron chi connectivity index (χ3n) is 5.05. The van der Waals surface area contributed by atoms with Crippen molar-refractivity contribution in [3.63, 3.8) is 0 Å². The van der Waals surface area contributed by atoms with Gasteiger partial charge < -0.3 is 20.7 Å². The maximum atomic E-state index is 13.0. The Balaban J connectivity index is 0.00000392. The molecule has 1 atom stereocenters. The van der Waals surface area contributed by atoms with Crippen molar-refractivity contribution < 1.29 is 14.3 Å².